The minimum atomic E-state index is -0.398. The normalized spacial score (nSPS) is 29.1. The van der Waals surface area contributed by atoms with Gasteiger partial charge in [0, 0.05) is 0 Å². The zero-order valence-corrected chi connectivity index (χ0v) is 12.5. The summed E-state index contributed by atoms with van der Waals surface area (Å²) in [5.74, 6) is 1.31. The van der Waals surface area contributed by atoms with E-state index in [-0.39, 0.29) is 5.97 Å². The van der Waals surface area contributed by atoms with Gasteiger partial charge in [-0.1, -0.05) is 13.8 Å². The molecule has 0 aromatic heterocycles. The minimum absolute atomic E-state index is 0.167. The van der Waals surface area contributed by atoms with E-state index in [2.05, 4.69) is 13.8 Å². The van der Waals surface area contributed by atoms with E-state index in [9.17, 15) is 4.79 Å². The third kappa shape index (κ3) is 6.39. The second-order valence-electron chi connectivity index (χ2n) is 6.75. The van der Waals surface area contributed by atoms with Crippen LogP contribution in [0, 0.1) is 11.8 Å². The molecule has 2 atom stereocenters. The Balaban J connectivity index is 2.19. The van der Waals surface area contributed by atoms with Crippen LogP contribution >= 0.6 is 0 Å². The number of rotatable bonds is 4. The van der Waals surface area contributed by atoms with E-state index >= 15 is 0 Å². The molecule has 0 aliphatic heterocycles. The highest BCUT2D eigenvalue weighted by atomic mass is 16.6. The maximum atomic E-state index is 11.5. The van der Waals surface area contributed by atoms with Gasteiger partial charge in [0.2, 0.25) is 0 Å². The molecule has 1 fully saturated rings. The minimum Gasteiger partial charge on any atom is -0.460 e. The second kappa shape index (κ2) is 6.55. The van der Waals surface area contributed by atoms with Gasteiger partial charge >= 0.3 is 5.97 Å². The summed E-state index contributed by atoms with van der Waals surface area (Å²) in [6.07, 6.45) is 4.23. The summed E-state index contributed by atoms with van der Waals surface area (Å²) >= 11 is 0. The van der Waals surface area contributed by atoms with Gasteiger partial charge < -0.3 is 9.47 Å². The lowest BCUT2D eigenvalue weighted by molar-refractivity contribution is -0.156. The maximum Gasteiger partial charge on any atom is 0.308 e. The monoisotopic (exact) mass is 256 g/mol. The van der Waals surface area contributed by atoms with Crippen LogP contribution < -0.4 is 0 Å². The Morgan fingerprint density at radius 2 is 1.67 bits per heavy atom. The fourth-order valence-electron chi connectivity index (χ4n) is 2.71. The predicted octanol–water partition coefficient (Wildman–Crippen LogP) is 3.56. The molecule has 0 radical (unpaired) electrons. The number of hydrogen-bond acceptors (Lipinski definition) is 3. The summed E-state index contributed by atoms with van der Waals surface area (Å²) in [4.78, 5) is 11.5. The van der Waals surface area contributed by atoms with Crippen LogP contribution in [0.15, 0.2) is 0 Å². The first-order chi connectivity index (χ1) is 8.26. The van der Waals surface area contributed by atoms with Gasteiger partial charge in [0.15, 0.2) is 0 Å². The average Bonchev–Trinajstić information content (AvgIpc) is 2.12. The smallest absolute Gasteiger partial charge is 0.308 e. The van der Waals surface area contributed by atoms with Crippen molar-refractivity contribution in [1.29, 1.82) is 0 Å². The van der Waals surface area contributed by atoms with Crippen molar-refractivity contribution in [2.45, 2.75) is 72.0 Å². The van der Waals surface area contributed by atoms with Gasteiger partial charge in [0.1, 0.15) is 5.60 Å². The van der Waals surface area contributed by atoms with Crippen molar-refractivity contribution < 1.29 is 14.3 Å². The average molecular weight is 256 g/mol. The van der Waals surface area contributed by atoms with Crippen molar-refractivity contribution in [2.75, 3.05) is 6.61 Å². The first-order valence-corrected chi connectivity index (χ1v) is 7.09. The van der Waals surface area contributed by atoms with E-state index in [1.807, 2.05) is 20.8 Å². The highest BCUT2D eigenvalue weighted by Gasteiger charge is 2.24. The van der Waals surface area contributed by atoms with Crippen LogP contribution in [0.5, 0.6) is 0 Å². The highest BCUT2D eigenvalue weighted by Crippen LogP contribution is 2.30. The second-order valence-corrected chi connectivity index (χ2v) is 6.75. The molecule has 1 rings (SSSR count). The molecule has 3 nitrogen and oxygen atoms in total. The van der Waals surface area contributed by atoms with Gasteiger partial charge in [-0.05, 0) is 51.9 Å². The molecule has 0 N–H and O–H groups in total. The molecule has 0 bridgehead atoms. The van der Waals surface area contributed by atoms with Crippen LogP contribution in [0.3, 0.4) is 0 Å². The van der Waals surface area contributed by atoms with Crippen molar-refractivity contribution >= 4 is 5.97 Å². The summed E-state index contributed by atoms with van der Waals surface area (Å²) in [5, 5.41) is 0. The van der Waals surface area contributed by atoms with Gasteiger partial charge in [-0.25, -0.2) is 0 Å². The highest BCUT2D eigenvalue weighted by molar-refractivity contribution is 5.69. The quantitative estimate of drug-likeness (QED) is 0.721. The van der Waals surface area contributed by atoms with Crippen molar-refractivity contribution in [3.8, 4) is 0 Å². The molecule has 1 aliphatic rings. The Kier molecular flexibility index (Phi) is 5.64. The molecule has 0 spiro atoms. The van der Waals surface area contributed by atoms with E-state index < -0.39 is 5.60 Å². The first kappa shape index (κ1) is 15.5. The molecule has 2 unspecified atom stereocenters. The van der Waals surface area contributed by atoms with Crippen LogP contribution in [0.1, 0.15) is 60.3 Å². The van der Waals surface area contributed by atoms with Crippen molar-refractivity contribution in [1.82, 2.24) is 0 Å². The topological polar surface area (TPSA) is 35.5 Å². The van der Waals surface area contributed by atoms with E-state index in [0.29, 0.717) is 19.1 Å². The van der Waals surface area contributed by atoms with Gasteiger partial charge in [-0.3, -0.25) is 4.79 Å². The molecule has 0 amide bonds. The maximum absolute atomic E-state index is 11.5. The Morgan fingerprint density at radius 1 is 1.11 bits per heavy atom. The lowest BCUT2D eigenvalue weighted by atomic mass is 9.82. The molecule has 0 heterocycles. The lowest BCUT2D eigenvalue weighted by Crippen LogP contribution is -2.28. The standard InChI is InChI=1S/C15H28O3/c1-11-8-12(2)10-13(9-11)17-7-6-14(16)18-15(3,4)5/h11-13H,6-10H2,1-5H3. The molecule has 0 aromatic carbocycles. The number of carbonyl (C=O) groups excluding carboxylic acids is 1. The predicted molar refractivity (Wildman–Crippen MR) is 72.4 cm³/mol. The molecule has 0 saturated heterocycles. The zero-order valence-electron chi connectivity index (χ0n) is 12.5. The van der Waals surface area contributed by atoms with Gasteiger partial charge in [0.25, 0.3) is 0 Å². The van der Waals surface area contributed by atoms with Crippen LogP contribution in [-0.4, -0.2) is 24.3 Å². The Morgan fingerprint density at radius 3 is 2.17 bits per heavy atom. The summed E-state index contributed by atoms with van der Waals surface area (Å²) in [5.41, 5.74) is -0.398. The van der Waals surface area contributed by atoms with Gasteiger partial charge in [0.05, 0.1) is 19.1 Å². The third-order valence-corrected chi connectivity index (χ3v) is 3.22. The van der Waals surface area contributed by atoms with Crippen LogP contribution in [0.4, 0.5) is 0 Å². The van der Waals surface area contributed by atoms with Crippen molar-refractivity contribution in [2.24, 2.45) is 11.8 Å². The molecule has 18 heavy (non-hydrogen) atoms. The van der Waals surface area contributed by atoms with Crippen LogP contribution in [-0.2, 0) is 14.3 Å². The number of carbonyl (C=O) groups is 1. The van der Waals surface area contributed by atoms with Crippen LogP contribution in [0.25, 0.3) is 0 Å². The molecule has 1 aliphatic carbocycles. The third-order valence-electron chi connectivity index (χ3n) is 3.22. The largest absolute Gasteiger partial charge is 0.460 e. The summed E-state index contributed by atoms with van der Waals surface area (Å²) in [6, 6.07) is 0. The number of esters is 1. The fraction of sp³-hybridized carbons (Fsp3) is 0.933. The van der Waals surface area contributed by atoms with Crippen molar-refractivity contribution in [3.63, 3.8) is 0 Å². The van der Waals surface area contributed by atoms with E-state index in [1.165, 1.54) is 6.42 Å². The Bertz CT molecular complexity index is 257. The van der Waals surface area contributed by atoms with E-state index in [0.717, 1.165) is 24.7 Å². The first-order valence-electron chi connectivity index (χ1n) is 7.09. The molecule has 3 heteroatoms. The lowest BCUT2D eigenvalue weighted by Gasteiger charge is -2.31. The summed E-state index contributed by atoms with van der Waals surface area (Å²) in [6.45, 7) is 10.7. The molecule has 106 valence electrons. The summed E-state index contributed by atoms with van der Waals surface area (Å²) in [7, 11) is 0. The summed E-state index contributed by atoms with van der Waals surface area (Å²) < 4.78 is 11.1. The molecule has 1 saturated carbocycles. The Hall–Kier alpha value is -0.570. The number of hydrogen-bond donors (Lipinski definition) is 0. The fourth-order valence-corrected chi connectivity index (χ4v) is 2.71. The van der Waals surface area contributed by atoms with Gasteiger partial charge in [-0.15, -0.1) is 0 Å². The van der Waals surface area contributed by atoms with Crippen molar-refractivity contribution in [3.05, 3.63) is 0 Å². The van der Waals surface area contributed by atoms with Gasteiger partial charge in [-0.2, -0.15) is 0 Å². The van der Waals surface area contributed by atoms with Crippen LogP contribution in [0.2, 0.25) is 0 Å². The Labute approximate surface area is 111 Å². The van der Waals surface area contributed by atoms with E-state index in [1.54, 1.807) is 0 Å². The van der Waals surface area contributed by atoms with E-state index in [4.69, 9.17) is 9.47 Å². The molecular formula is C15H28O3. The molecular weight excluding hydrogens is 228 g/mol. The SMILES string of the molecule is CC1CC(C)CC(OCCC(=O)OC(C)(C)C)C1. The zero-order chi connectivity index (χ0) is 13.8. The number of ether oxygens (including phenoxy) is 2. The molecule has 0 aromatic rings.